The van der Waals surface area contributed by atoms with E-state index in [1.54, 1.807) is 24.3 Å². The molecule has 124 valence electrons. The summed E-state index contributed by atoms with van der Waals surface area (Å²) in [6.07, 6.45) is 4.80. The summed E-state index contributed by atoms with van der Waals surface area (Å²) in [6, 6.07) is 13.3. The summed E-state index contributed by atoms with van der Waals surface area (Å²) >= 11 is 0. The van der Waals surface area contributed by atoms with Crippen molar-refractivity contribution >= 4 is 11.6 Å². The van der Waals surface area contributed by atoms with Crippen LogP contribution in [-0.4, -0.2) is 11.9 Å². The first-order valence-electron chi connectivity index (χ1n) is 7.93. The molecule has 1 amide bonds. The van der Waals surface area contributed by atoms with Crippen LogP contribution < -0.4 is 4.90 Å². The largest absolute Gasteiger partial charge is 0.357 e. The molecule has 0 aliphatic heterocycles. The fourth-order valence-corrected chi connectivity index (χ4v) is 3.15. The van der Waals surface area contributed by atoms with E-state index in [1.807, 2.05) is 12.1 Å². The molecule has 0 N–H and O–H groups in total. The molecule has 1 fully saturated rings. The second kappa shape index (κ2) is 8.54. The van der Waals surface area contributed by atoms with Crippen molar-refractivity contribution in [1.29, 1.82) is 0 Å². The van der Waals surface area contributed by atoms with Gasteiger partial charge >= 0.3 is 0 Å². The number of carbonyl (C=O) groups excluding carboxylic acids is 1. The van der Waals surface area contributed by atoms with Gasteiger partial charge in [-0.2, -0.15) is 0 Å². The van der Waals surface area contributed by atoms with Gasteiger partial charge < -0.3 is 4.90 Å². The Balaban J connectivity index is 0.00000208. The number of carbonyl (C=O) groups is 1. The van der Waals surface area contributed by atoms with E-state index in [-0.39, 0.29) is 39.4 Å². The Kier molecular flexibility index (Phi) is 6.70. The van der Waals surface area contributed by atoms with E-state index in [0.717, 1.165) is 38.2 Å². The number of hydrogen-bond donors (Lipinski definition) is 0. The molecule has 1 aliphatic carbocycles. The van der Waals surface area contributed by atoms with Crippen LogP contribution in [0.5, 0.6) is 0 Å². The Hall–Kier alpha value is -1.52. The van der Waals surface area contributed by atoms with Crippen LogP contribution in [0.2, 0.25) is 0 Å². The van der Waals surface area contributed by atoms with Crippen molar-refractivity contribution in [3.63, 3.8) is 0 Å². The molecule has 0 atom stereocenters. The van der Waals surface area contributed by atoms with Gasteiger partial charge in [0.15, 0.2) is 0 Å². The SMILES string of the molecule is O=C(c1ccccc1)N(c1ccc(F)[c-]c1F)C1CCCCC1.[Ti]. The Bertz CT molecular complexity index is 687. The van der Waals surface area contributed by atoms with E-state index >= 15 is 0 Å². The van der Waals surface area contributed by atoms with Crippen molar-refractivity contribution in [2.75, 3.05) is 4.90 Å². The van der Waals surface area contributed by atoms with Gasteiger partial charge in [-0.15, -0.1) is 18.2 Å². The second-order valence-corrected chi connectivity index (χ2v) is 5.84. The Morgan fingerprint density at radius 3 is 2.29 bits per heavy atom. The van der Waals surface area contributed by atoms with E-state index in [4.69, 9.17) is 0 Å². The van der Waals surface area contributed by atoms with Gasteiger partial charge in [-0.1, -0.05) is 37.5 Å². The van der Waals surface area contributed by atoms with Crippen molar-refractivity contribution in [2.24, 2.45) is 0 Å². The molecule has 0 heterocycles. The minimum atomic E-state index is -0.820. The van der Waals surface area contributed by atoms with Crippen molar-refractivity contribution in [2.45, 2.75) is 38.1 Å². The number of rotatable bonds is 3. The number of hydrogen-bond acceptors (Lipinski definition) is 1. The number of anilines is 1. The maximum Gasteiger partial charge on any atom is 0.247 e. The van der Waals surface area contributed by atoms with Gasteiger partial charge in [0, 0.05) is 45.0 Å². The molecule has 0 spiro atoms. The van der Waals surface area contributed by atoms with E-state index < -0.39 is 11.6 Å². The summed E-state index contributed by atoms with van der Waals surface area (Å²) in [5, 5.41) is 0. The first-order valence-corrected chi connectivity index (χ1v) is 7.93. The van der Waals surface area contributed by atoms with Crippen LogP contribution in [0.4, 0.5) is 14.5 Å². The monoisotopic (exact) mass is 362 g/mol. The second-order valence-electron chi connectivity index (χ2n) is 5.84. The van der Waals surface area contributed by atoms with Crippen LogP contribution in [-0.2, 0) is 21.7 Å². The molecule has 5 heteroatoms. The molecule has 0 aromatic heterocycles. The van der Waals surface area contributed by atoms with Crippen LogP contribution in [0, 0.1) is 17.7 Å². The third-order valence-corrected chi connectivity index (χ3v) is 4.28. The first kappa shape index (κ1) is 18.8. The van der Waals surface area contributed by atoms with E-state index in [1.165, 1.54) is 11.0 Å². The predicted octanol–water partition coefficient (Wildman–Crippen LogP) is 4.74. The van der Waals surface area contributed by atoms with Crippen molar-refractivity contribution in [3.8, 4) is 0 Å². The number of nitrogens with zero attached hydrogens (tertiary/aromatic N) is 1. The Morgan fingerprint density at radius 2 is 1.67 bits per heavy atom. The smallest absolute Gasteiger partial charge is 0.247 e. The van der Waals surface area contributed by atoms with Crippen molar-refractivity contribution in [3.05, 3.63) is 65.7 Å². The molecule has 0 saturated heterocycles. The third-order valence-electron chi connectivity index (χ3n) is 4.28. The van der Waals surface area contributed by atoms with Gasteiger partial charge in [0.1, 0.15) is 0 Å². The Labute approximate surface area is 155 Å². The summed E-state index contributed by atoms with van der Waals surface area (Å²) in [6.45, 7) is 0. The number of amides is 1. The van der Waals surface area contributed by atoms with E-state index in [2.05, 4.69) is 0 Å². The standard InChI is InChI=1S/C19H18F2NO.Ti/c20-15-11-12-18(17(21)13-15)22(16-9-5-2-6-10-16)19(23)14-7-3-1-4-8-14;/h1,3-4,7-8,11-12,16H,2,5-6,9-10H2;/q-1;. The molecule has 0 bridgehead atoms. The molecule has 0 unspecified atom stereocenters. The fraction of sp³-hybridized carbons (Fsp3) is 0.316. The van der Waals surface area contributed by atoms with Crippen LogP contribution in [0.1, 0.15) is 42.5 Å². The topological polar surface area (TPSA) is 20.3 Å². The Morgan fingerprint density at radius 1 is 1.00 bits per heavy atom. The maximum absolute atomic E-state index is 14.2. The van der Waals surface area contributed by atoms with Gasteiger partial charge in [-0.3, -0.25) is 4.79 Å². The summed E-state index contributed by atoms with van der Waals surface area (Å²) < 4.78 is 27.4. The first-order chi connectivity index (χ1) is 11.2. The average molecular weight is 362 g/mol. The minimum absolute atomic E-state index is 0. The summed E-state index contributed by atoms with van der Waals surface area (Å²) in [7, 11) is 0. The molecule has 3 rings (SSSR count). The summed E-state index contributed by atoms with van der Waals surface area (Å²) in [4.78, 5) is 14.4. The molecule has 2 aromatic rings. The zero-order valence-electron chi connectivity index (χ0n) is 13.3. The van der Waals surface area contributed by atoms with Gasteiger partial charge in [0.25, 0.3) is 0 Å². The van der Waals surface area contributed by atoms with Gasteiger partial charge in [-0.05, 0) is 30.7 Å². The number of halogens is 2. The molecular weight excluding hydrogens is 344 g/mol. The van der Waals surface area contributed by atoms with Crippen LogP contribution in [0.25, 0.3) is 0 Å². The maximum atomic E-state index is 14.2. The molecule has 0 radical (unpaired) electrons. The third kappa shape index (κ3) is 4.11. The van der Waals surface area contributed by atoms with E-state index in [9.17, 15) is 13.6 Å². The van der Waals surface area contributed by atoms with Crippen molar-refractivity contribution in [1.82, 2.24) is 0 Å². The molecule has 1 aliphatic rings. The van der Waals surface area contributed by atoms with Crippen LogP contribution in [0.15, 0.2) is 42.5 Å². The summed E-state index contributed by atoms with van der Waals surface area (Å²) in [5.74, 6) is -1.83. The quantitative estimate of drug-likeness (QED) is 0.570. The van der Waals surface area contributed by atoms with Gasteiger partial charge in [0.05, 0.1) is 0 Å². The van der Waals surface area contributed by atoms with Gasteiger partial charge in [0.2, 0.25) is 5.91 Å². The van der Waals surface area contributed by atoms with Crippen LogP contribution in [0.3, 0.4) is 0 Å². The zero-order valence-corrected chi connectivity index (χ0v) is 14.8. The molecular formula is C19H18F2NOTi-. The predicted molar refractivity (Wildman–Crippen MR) is 85.3 cm³/mol. The molecule has 24 heavy (non-hydrogen) atoms. The fourth-order valence-electron chi connectivity index (χ4n) is 3.15. The molecule has 2 nitrogen and oxygen atoms in total. The molecule has 1 saturated carbocycles. The van der Waals surface area contributed by atoms with Gasteiger partial charge in [-0.25, -0.2) is 8.78 Å². The zero-order chi connectivity index (χ0) is 16.2. The average Bonchev–Trinajstić information content (AvgIpc) is 2.59. The normalized spacial score (nSPS) is 14.8. The minimum Gasteiger partial charge on any atom is -0.357 e. The van der Waals surface area contributed by atoms with Crippen molar-refractivity contribution < 1.29 is 35.3 Å². The van der Waals surface area contributed by atoms with Crippen LogP contribution >= 0.6 is 0 Å². The summed E-state index contributed by atoms with van der Waals surface area (Å²) in [5.41, 5.74) is 0.606. The van der Waals surface area contributed by atoms with E-state index in [0.29, 0.717) is 5.56 Å². The number of benzene rings is 2. The molecule has 2 aromatic carbocycles.